The van der Waals surface area contributed by atoms with E-state index in [0.29, 0.717) is 11.4 Å². The van der Waals surface area contributed by atoms with E-state index in [1.807, 2.05) is 45.0 Å². The van der Waals surface area contributed by atoms with Crippen LogP contribution in [-0.4, -0.2) is 56.6 Å². The number of benzene rings is 2. The summed E-state index contributed by atoms with van der Waals surface area (Å²) in [5.41, 5.74) is 0.636. The molecule has 0 aliphatic carbocycles. The third-order valence-corrected chi connectivity index (χ3v) is 6.58. The van der Waals surface area contributed by atoms with Crippen LogP contribution in [0.1, 0.15) is 33.3 Å². The Labute approximate surface area is 210 Å². The highest BCUT2D eigenvalue weighted by molar-refractivity contribution is 9.10. The minimum Gasteiger partial charge on any atom is -0.497 e. The highest BCUT2D eigenvalue weighted by atomic mass is 79.9. The molecule has 10 heteroatoms. The van der Waals surface area contributed by atoms with Gasteiger partial charge in [-0.2, -0.15) is 0 Å². The fraction of sp³-hybridized carbons (Fsp3) is 0.417. The van der Waals surface area contributed by atoms with E-state index in [1.54, 1.807) is 31.2 Å². The van der Waals surface area contributed by atoms with Crippen molar-refractivity contribution in [1.29, 1.82) is 0 Å². The smallest absolute Gasteiger partial charge is 0.244 e. The van der Waals surface area contributed by atoms with Crippen LogP contribution in [-0.2, 0) is 26.2 Å². The zero-order chi connectivity index (χ0) is 25.7. The molecule has 0 radical (unpaired) electrons. The Morgan fingerprint density at radius 2 is 1.74 bits per heavy atom. The second-order valence-corrected chi connectivity index (χ2v) is 11.9. The molecule has 0 spiro atoms. The Bertz CT molecular complexity index is 1110. The van der Waals surface area contributed by atoms with Crippen molar-refractivity contribution in [2.45, 2.75) is 45.8 Å². The van der Waals surface area contributed by atoms with E-state index < -0.39 is 34.1 Å². The molecule has 8 nitrogen and oxygen atoms in total. The van der Waals surface area contributed by atoms with Gasteiger partial charge in [0.1, 0.15) is 18.3 Å². The predicted molar refractivity (Wildman–Crippen MR) is 137 cm³/mol. The Balaban J connectivity index is 2.39. The van der Waals surface area contributed by atoms with Crippen molar-refractivity contribution in [3.8, 4) is 5.75 Å². The van der Waals surface area contributed by atoms with E-state index in [0.717, 1.165) is 20.6 Å². The molecule has 1 N–H and O–H groups in total. The minimum absolute atomic E-state index is 0.136. The summed E-state index contributed by atoms with van der Waals surface area (Å²) in [6, 6.07) is 12.9. The van der Waals surface area contributed by atoms with Crippen LogP contribution >= 0.6 is 15.9 Å². The molecule has 186 valence electrons. The summed E-state index contributed by atoms with van der Waals surface area (Å²) < 4.78 is 32.1. The van der Waals surface area contributed by atoms with Crippen molar-refractivity contribution in [1.82, 2.24) is 10.2 Å². The van der Waals surface area contributed by atoms with E-state index in [2.05, 4.69) is 21.2 Å². The van der Waals surface area contributed by atoms with Crippen LogP contribution in [0.2, 0.25) is 0 Å². The molecule has 34 heavy (non-hydrogen) atoms. The summed E-state index contributed by atoms with van der Waals surface area (Å²) in [6.45, 7) is 6.88. The van der Waals surface area contributed by atoms with E-state index in [4.69, 9.17) is 4.74 Å². The summed E-state index contributed by atoms with van der Waals surface area (Å²) in [7, 11) is -2.27. The third kappa shape index (κ3) is 8.02. The molecule has 0 aromatic heterocycles. The number of rotatable bonds is 9. The monoisotopic (exact) mass is 553 g/mol. The lowest BCUT2D eigenvalue weighted by Gasteiger charge is -2.33. The zero-order valence-electron chi connectivity index (χ0n) is 20.3. The molecular weight excluding hydrogens is 522 g/mol. The summed E-state index contributed by atoms with van der Waals surface area (Å²) in [5.74, 6) is -0.267. The van der Waals surface area contributed by atoms with Crippen LogP contribution in [0.3, 0.4) is 0 Å². The quantitative estimate of drug-likeness (QED) is 0.512. The molecule has 1 atom stereocenters. The van der Waals surface area contributed by atoms with Crippen molar-refractivity contribution in [2.75, 3.05) is 24.2 Å². The first-order valence-electron chi connectivity index (χ1n) is 10.7. The number of nitrogens with zero attached hydrogens (tertiary/aromatic N) is 2. The molecular formula is C24H32BrN3O5S. The third-order valence-electron chi connectivity index (χ3n) is 4.95. The lowest BCUT2D eigenvalue weighted by molar-refractivity contribution is -0.140. The summed E-state index contributed by atoms with van der Waals surface area (Å²) >= 11 is 3.42. The number of halogens is 1. The van der Waals surface area contributed by atoms with Gasteiger partial charge in [0.2, 0.25) is 21.8 Å². The Morgan fingerprint density at radius 3 is 2.24 bits per heavy atom. The number of nitrogens with one attached hydrogen (secondary N) is 1. The Hall–Kier alpha value is -2.59. The summed E-state index contributed by atoms with van der Waals surface area (Å²) in [5, 5.41) is 2.89. The van der Waals surface area contributed by atoms with Crippen LogP contribution in [0.5, 0.6) is 5.75 Å². The van der Waals surface area contributed by atoms with Crippen molar-refractivity contribution >= 4 is 43.5 Å². The molecule has 0 aliphatic rings. The Morgan fingerprint density at radius 1 is 1.12 bits per heavy atom. The number of ether oxygens (including phenoxy) is 1. The van der Waals surface area contributed by atoms with Gasteiger partial charge in [0.15, 0.2) is 0 Å². The predicted octanol–water partition coefficient (Wildman–Crippen LogP) is 3.56. The first kappa shape index (κ1) is 27.7. The molecule has 2 amide bonds. The van der Waals surface area contributed by atoms with Gasteiger partial charge in [-0.3, -0.25) is 13.9 Å². The van der Waals surface area contributed by atoms with Crippen LogP contribution < -0.4 is 14.4 Å². The highest BCUT2D eigenvalue weighted by Gasteiger charge is 2.31. The number of anilines is 1. The lowest BCUT2D eigenvalue weighted by Crippen LogP contribution is -2.54. The van der Waals surface area contributed by atoms with Gasteiger partial charge in [-0.1, -0.05) is 28.1 Å². The second-order valence-electron chi connectivity index (χ2n) is 9.03. The van der Waals surface area contributed by atoms with Gasteiger partial charge < -0.3 is 15.0 Å². The maximum atomic E-state index is 13.5. The average Bonchev–Trinajstić information content (AvgIpc) is 2.73. The van der Waals surface area contributed by atoms with Gasteiger partial charge in [-0.15, -0.1) is 0 Å². The molecule has 0 saturated heterocycles. The molecule has 0 aliphatic heterocycles. The van der Waals surface area contributed by atoms with Crippen LogP contribution in [0, 0.1) is 0 Å². The van der Waals surface area contributed by atoms with Crippen LogP contribution in [0.25, 0.3) is 0 Å². The van der Waals surface area contributed by atoms with Crippen molar-refractivity contribution in [2.24, 2.45) is 0 Å². The number of carbonyl (C=O) groups is 2. The largest absolute Gasteiger partial charge is 0.497 e. The first-order chi connectivity index (χ1) is 15.7. The summed E-state index contributed by atoms with van der Waals surface area (Å²) in [6.07, 6.45) is 1.04. The maximum absolute atomic E-state index is 13.5. The van der Waals surface area contributed by atoms with Crippen molar-refractivity contribution in [3.63, 3.8) is 0 Å². The molecule has 0 bridgehead atoms. The molecule has 0 saturated carbocycles. The molecule has 2 aromatic carbocycles. The van der Waals surface area contributed by atoms with Gasteiger partial charge >= 0.3 is 0 Å². The van der Waals surface area contributed by atoms with Gasteiger partial charge in [0, 0.05) is 16.6 Å². The van der Waals surface area contributed by atoms with Gasteiger partial charge in [0.25, 0.3) is 0 Å². The van der Waals surface area contributed by atoms with Crippen LogP contribution in [0.4, 0.5) is 5.69 Å². The second kappa shape index (κ2) is 11.2. The molecule has 0 heterocycles. The van der Waals surface area contributed by atoms with E-state index in [9.17, 15) is 18.0 Å². The zero-order valence-corrected chi connectivity index (χ0v) is 22.7. The van der Waals surface area contributed by atoms with Crippen LogP contribution in [0.15, 0.2) is 53.0 Å². The van der Waals surface area contributed by atoms with E-state index in [-0.39, 0.29) is 12.5 Å². The van der Waals surface area contributed by atoms with Gasteiger partial charge in [-0.05, 0) is 69.7 Å². The topological polar surface area (TPSA) is 96.0 Å². The Kier molecular flexibility index (Phi) is 9.13. The summed E-state index contributed by atoms with van der Waals surface area (Å²) in [4.78, 5) is 27.8. The fourth-order valence-electron chi connectivity index (χ4n) is 3.25. The average molecular weight is 555 g/mol. The number of hydrogen-bond acceptors (Lipinski definition) is 5. The van der Waals surface area contributed by atoms with Crippen molar-refractivity contribution in [3.05, 3.63) is 58.6 Å². The highest BCUT2D eigenvalue weighted by Crippen LogP contribution is 2.23. The first-order valence-corrected chi connectivity index (χ1v) is 13.3. The molecule has 0 fully saturated rings. The maximum Gasteiger partial charge on any atom is 0.244 e. The normalized spacial score (nSPS) is 12.6. The molecule has 2 aromatic rings. The van der Waals surface area contributed by atoms with Crippen molar-refractivity contribution < 1.29 is 22.7 Å². The van der Waals surface area contributed by atoms with E-state index in [1.165, 1.54) is 12.0 Å². The number of amides is 2. The standard InChI is InChI=1S/C24H32BrN3O5S/c1-17(23(30)26-24(2,3)4)27(15-18-8-7-9-19(25)14-18)22(29)16-28(34(6,31)32)20-10-12-21(33-5)13-11-20/h7-14,17H,15-16H2,1-6H3,(H,26,30)/t17-/m0/s1. The van der Waals surface area contributed by atoms with Gasteiger partial charge in [-0.25, -0.2) is 8.42 Å². The number of sulfonamides is 1. The number of carbonyl (C=O) groups excluding carboxylic acids is 2. The molecule has 0 unspecified atom stereocenters. The minimum atomic E-state index is -3.78. The number of hydrogen-bond donors (Lipinski definition) is 1. The number of methoxy groups -OCH3 is 1. The lowest BCUT2D eigenvalue weighted by atomic mass is 10.1. The fourth-order valence-corrected chi connectivity index (χ4v) is 4.55. The van der Waals surface area contributed by atoms with Gasteiger partial charge in [0.05, 0.1) is 19.1 Å². The SMILES string of the molecule is COc1ccc(N(CC(=O)N(Cc2cccc(Br)c2)[C@@H](C)C(=O)NC(C)(C)C)S(C)(=O)=O)cc1. The molecule has 2 rings (SSSR count). The van der Waals surface area contributed by atoms with E-state index >= 15 is 0 Å².